The van der Waals surface area contributed by atoms with Crippen molar-refractivity contribution in [3.8, 4) is 0 Å². The van der Waals surface area contributed by atoms with Crippen LogP contribution in [0.2, 0.25) is 0 Å². The molecule has 0 saturated carbocycles. The highest BCUT2D eigenvalue weighted by atomic mass is 16.6. The summed E-state index contributed by atoms with van der Waals surface area (Å²) < 4.78 is 17.6. The molecule has 166 valence electrons. The third-order valence-corrected chi connectivity index (χ3v) is 6.50. The van der Waals surface area contributed by atoms with Gasteiger partial charge in [-0.1, -0.05) is 60.2 Å². The zero-order chi connectivity index (χ0) is 22.0. The van der Waals surface area contributed by atoms with Crippen LogP contribution in [0.1, 0.15) is 36.0 Å². The molecule has 0 radical (unpaired) electrons. The zero-order valence-corrected chi connectivity index (χ0v) is 18.3. The van der Waals surface area contributed by atoms with E-state index in [-0.39, 0.29) is 18.7 Å². The Bertz CT molecular complexity index is 1020. The molecule has 3 aliphatic rings. The molecule has 1 amide bonds. The number of hydrogen-bond donors (Lipinski definition) is 0. The van der Waals surface area contributed by atoms with E-state index in [1.165, 1.54) is 5.56 Å². The van der Waals surface area contributed by atoms with Crippen molar-refractivity contribution in [3.63, 3.8) is 0 Å². The first-order chi connectivity index (χ1) is 15.6. The molecular formula is C26H28N2O4. The van der Waals surface area contributed by atoms with Gasteiger partial charge in [0.2, 0.25) is 0 Å². The van der Waals surface area contributed by atoms with Crippen molar-refractivity contribution in [1.82, 2.24) is 4.90 Å². The van der Waals surface area contributed by atoms with Crippen molar-refractivity contribution in [2.75, 3.05) is 19.8 Å². The first-order valence-corrected chi connectivity index (χ1v) is 11.2. The van der Waals surface area contributed by atoms with E-state index in [9.17, 15) is 4.79 Å². The highest BCUT2D eigenvalue weighted by molar-refractivity contribution is 6.03. The third-order valence-electron chi connectivity index (χ3n) is 6.50. The Hall–Kier alpha value is -2.96. The summed E-state index contributed by atoms with van der Waals surface area (Å²) in [4.78, 5) is 19.9. The number of allylic oxidation sites excluding steroid dienone is 1. The van der Waals surface area contributed by atoms with Crippen molar-refractivity contribution in [2.45, 2.75) is 44.6 Å². The van der Waals surface area contributed by atoms with Crippen molar-refractivity contribution >= 4 is 17.4 Å². The zero-order valence-electron chi connectivity index (χ0n) is 18.3. The van der Waals surface area contributed by atoms with E-state index >= 15 is 0 Å². The van der Waals surface area contributed by atoms with E-state index in [0.29, 0.717) is 39.1 Å². The fraction of sp³-hybridized carbons (Fsp3) is 0.385. The van der Waals surface area contributed by atoms with Crippen molar-refractivity contribution in [2.24, 2.45) is 4.99 Å². The fourth-order valence-corrected chi connectivity index (χ4v) is 4.66. The summed E-state index contributed by atoms with van der Waals surface area (Å²) in [5.74, 6) is 0. The predicted molar refractivity (Wildman–Crippen MR) is 122 cm³/mol. The number of carbonyl (C=O) groups excluding carboxylic acids is 1. The molecule has 0 bridgehead atoms. The first-order valence-electron chi connectivity index (χ1n) is 11.2. The second-order valence-corrected chi connectivity index (χ2v) is 8.61. The molecule has 2 aromatic rings. The highest BCUT2D eigenvalue weighted by Crippen LogP contribution is 2.39. The quantitative estimate of drug-likeness (QED) is 0.701. The summed E-state index contributed by atoms with van der Waals surface area (Å²) in [5, 5.41) is 0. The van der Waals surface area contributed by atoms with Gasteiger partial charge in [-0.05, 0) is 23.6 Å². The van der Waals surface area contributed by atoms with Crippen molar-refractivity contribution < 1.29 is 19.0 Å². The fourth-order valence-electron chi connectivity index (χ4n) is 4.66. The number of aryl methyl sites for hydroxylation is 1. The highest BCUT2D eigenvalue weighted by Gasteiger charge is 2.53. The number of benzene rings is 2. The van der Waals surface area contributed by atoms with Crippen LogP contribution in [0.3, 0.4) is 0 Å². The van der Waals surface area contributed by atoms with Gasteiger partial charge in [0.05, 0.1) is 19.8 Å². The second-order valence-electron chi connectivity index (χ2n) is 8.61. The molecule has 2 saturated heterocycles. The van der Waals surface area contributed by atoms with Crippen LogP contribution in [0.5, 0.6) is 0 Å². The number of rotatable bonds is 4. The monoisotopic (exact) mass is 432 g/mol. The molecular weight excluding hydrogens is 404 g/mol. The molecule has 2 fully saturated rings. The Morgan fingerprint density at radius 3 is 2.62 bits per heavy atom. The summed E-state index contributed by atoms with van der Waals surface area (Å²) in [6.45, 7) is 3.86. The lowest BCUT2D eigenvalue weighted by molar-refractivity contribution is -0.136. The molecule has 32 heavy (non-hydrogen) atoms. The molecule has 6 heteroatoms. The van der Waals surface area contributed by atoms with Gasteiger partial charge in [0.25, 0.3) is 0 Å². The number of ether oxygens (including phenoxy) is 3. The van der Waals surface area contributed by atoms with Gasteiger partial charge >= 0.3 is 6.09 Å². The number of carbonyl (C=O) groups is 1. The summed E-state index contributed by atoms with van der Waals surface area (Å²) >= 11 is 0. The number of hydrogen-bond acceptors (Lipinski definition) is 5. The molecule has 0 aliphatic carbocycles. The van der Waals surface area contributed by atoms with E-state index in [1.54, 1.807) is 4.90 Å². The topological polar surface area (TPSA) is 60.4 Å². The molecule has 6 nitrogen and oxygen atoms in total. The van der Waals surface area contributed by atoms with Crippen LogP contribution >= 0.6 is 0 Å². The van der Waals surface area contributed by atoms with Gasteiger partial charge in [-0.3, -0.25) is 9.89 Å². The lowest BCUT2D eigenvalue weighted by Crippen LogP contribution is -2.56. The van der Waals surface area contributed by atoms with Crippen molar-refractivity contribution in [1.29, 1.82) is 0 Å². The minimum Gasteiger partial charge on any atom is -0.444 e. The van der Waals surface area contributed by atoms with Crippen molar-refractivity contribution in [3.05, 3.63) is 77.5 Å². The van der Waals surface area contributed by atoms with Gasteiger partial charge in [0.15, 0.2) is 5.72 Å². The number of aliphatic imine (C=N–C) groups is 1. The summed E-state index contributed by atoms with van der Waals surface area (Å²) in [6, 6.07) is 18.0. The molecule has 2 aromatic carbocycles. The Morgan fingerprint density at radius 2 is 1.88 bits per heavy atom. The molecule has 1 spiro atoms. The number of nitrogens with zero attached hydrogens (tertiary/aromatic N) is 2. The van der Waals surface area contributed by atoms with Gasteiger partial charge in [-0.25, -0.2) is 4.79 Å². The molecule has 0 aromatic heterocycles. The largest absolute Gasteiger partial charge is 0.444 e. The van der Waals surface area contributed by atoms with Gasteiger partial charge < -0.3 is 14.2 Å². The first kappa shape index (κ1) is 20.9. The van der Waals surface area contributed by atoms with E-state index in [1.807, 2.05) is 36.5 Å². The normalized spacial score (nSPS) is 22.0. The Balaban J connectivity index is 1.34. The molecule has 0 unspecified atom stereocenters. The lowest BCUT2D eigenvalue weighted by Gasteiger charge is -2.40. The maximum absolute atomic E-state index is 13.4. The van der Waals surface area contributed by atoms with Crippen LogP contribution < -0.4 is 0 Å². The molecule has 5 rings (SSSR count). The van der Waals surface area contributed by atoms with Crippen LogP contribution in [0.15, 0.2) is 65.8 Å². The van der Waals surface area contributed by atoms with E-state index in [0.717, 1.165) is 22.4 Å². The van der Waals surface area contributed by atoms with Crippen LogP contribution in [-0.4, -0.2) is 48.3 Å². The lowest BCUT2D eigenvalue weighted by atomic mass is 9.97. The SMILES string of the molecule is Cc1ccc(C2=CN=C([C@@H]3COC4(CCOCC4)N3C(=O)OCc3ccccc3)C2)cc1. The second kappa shape index (κ2) is 8.88. The van der Waals surface area contributed by atoms with E-state index in [4.69, 9.17) is 19.2 Å². The van der Waals surface area contributed by atoms with E-state index < -0.39 is 5.72 Å². The smallest absolute Gasteiger partial charge is 0.413 e. The standard InChI is InChI=1S/C26H28N2O4/c1-19-7-9-21(10-8-19)22-15-23(27-16-22)24-18-32-26(11-13-30-14-12-26)28(24)25(29)31-17-20-5-3-2-4-6-20/h2-10,16,24H,11-15,17-18H2,1H3/t24-/m0/s1. The van der Waals surface area contributed by atoms with Gasteiger partial charge in [0.1, 0.15) is 12.6 Å². The average molecular weight is 433 g/mol. The van der Waals surface area contributed by atoms with Gasteiger partial charge in [0, 0.05) is 31.2 Å². The van der Waals surface area contributed by atoms with E-state index in [2.05, 4.69) is 31.2 Å². The molecule has 3 heterocycles. The maximum Gasteiger partial charge on any atom is 0.413 e. The predicted octanol–water partition coefficient (Wildman–Crippen LogP) is 4.72. The third kappa shape index (κ3) is 4.08. The van der Waals surface area contributed by atoms with Crippen LogP contribution in [0, 0.1) is 6.92 Å². The Kier molecular flexibility index (Phi) is 5.81. The van der Waals surface area contributed by atoms with Crippen LogP contribution in [0.25, 0.3) is 5.57 Å². The minimum atomic E-state index is -0.689. The van der Waals surface area contributed by atoms with Gasteiger partial charge in [-0.15, -0.1) is 0 Å². The van der Waals surface area contributed by atoms with Crippen LogP contribution in [-0.2, 0) is 20.8 Å². The number of amides is 1. The Labute approximate surface area is 188 Å². The summed E-state index contributed by atoms with van der Waals surface area (Å²) in [5.41, 5.74) is 4.76. The van der Waals surface area contributed by atoms with Crippen LogP contribution in [0.4, 0.5) is 4.79 Å². The minimum absolute atomic E-state index is 0.231. The summed E-state index contributed by atoms with van der Waals surface area (Å²) in [6.07, 6.45) is 3.53. The molecule has 0 N–H and O–H groups in total. The maximum atomic E-state index is 13.4. The summed E-state index contributed by atoms with van der Waals surface area (Å²) in [7, 11) is 0. The average Bonchev–Trinajstić information content (AvgIpc) is 3.45. The Morgan fingerprint density at radius 1 is 1.12 bits per heavy atom. The molecule has 3 aliphatic heterocycles. The van der Waals surface area contributed by atoms with Gasteiger partial charge in [-0.2, -0.15) is 0 Å². The molecule has 1 atom stereocenters.